The van der Waals surface area contributed by atoms with Crippen LogP contribution in [0.5, 0.6) is 0 Å². The lowest BCUT2D eigenvalue weighted by Gasteiger charge is -2.20. The zero-order valence-electron chi connectivity index (χ0n) is 15.4. The summed E-state index contributed by atoms with van der Waals surface area (Å²) in [5, 5.41) is 4.89. The Kier molecular flexibility index (Phi) is 7.52. The fourth-order valence-electron chi connectivity index (χ4n) is 2.60. The monoisotopic (exact) mass is 406 g/mol. The molecule has 0 fully saturated rings. The highest BCUT2D eigenvalue weighted by Crippen LogP contribution is 2.22. The van der Waals surface area contributed by atoms with Crippen molar-refractivity contribution in [2.45, 2.75) is 26.3 Å². The van der Waals surface area contributed by atoms with Gasteiger partial charge in [0, 0.05) is 5.02 Å². The van der Waals surface area contributed by atoms with Crippen molar-refractivity contribution in [1.82, 2.24) is 5.32 Å². The Morgan fingerprint density at radius 1 is 1.14 bits per heavy atom. The lowest BCUT2D eigenvalue weighted by atomic mass is 9.98. The van der Waals surface area contributed by atoms with Crippen LogP contribution in [-0.2, 0) is 19.1 Å². The maximum Gasteiger partial charge on any atom is 0.313 e. The molecule has 2 N–H and O–H groups in total. The van der Waals surface area contributed by atoms with Gasteiger partial charge >= 0.3 is 17.8 Å². The zero-order chi connectivity index (χ0) is 20.7. The molecular formula is C20H20ClFN2O4. The highest BCUT2D eigenvalue weighted by atomic mass is 35.5. The van der Waals surface area contributed by atoms with Crippen LogP contribution in [0.25, 0.3) is 0 Å². The summed E-state index contributed by atoms with van der Waals surface area (Å²) >= 11 is 5.78. The predicted molar refractivity (Wildman–Crippen MR) is 103 cm³/mol. The van der Waals surface area contributed by atoms with Gasteiger partial charge in [0.25, 0.3) is 0 Å². The van der Waals surface area contributed by atoms with Gasteiger partial charge in [-0.05, 0) is 43.2 Å². The number of benzene rings is 2. The van der Waals surface area contributed by atoms with E-state index in [9.17, 15) is 18.8 Å². The van der Waals surface area contributed by atoms with Gasteiger partial charge in [-0.25, -0.2) is 4.39 Å². The van der Waals surface area contributed by atoms with Gasteiger partial charge < -0.3 is 15.4 Å². The number of hydrogen-bond acceptors (Lipinski definition) is 4. The summed E-state index contributed by atoms with van der Waals surface area (Å²) in [6, 6.07) is 9.95. The Hall–Kier alpha value is -2.93. The van der Waals surface area contributed by atoms with Gasteiger partial charge in [-0.2, -0.15) is 0 Å². The molecule has 0 heterocycles. The fraction of sp³-hybridized carbons (Fsp3) is 0.250. The topological polar surface area (TPSA) is 84.5 Å². The molecule has 0 spiro atoms. The Morgan fingerprint density at radius 2 is 1.86 bits per heavy atom. The first kappa shape index (κ1) is 21.4. The number of amides is 2. The minimum Gasteiger partial charge on any atom is -0.466 e. The number of nitrogens with one attached hydrogen (secondary N) is 2. The van der Waals surface area contributed by atoms with Gasteiger partial charge in [0.05, 0.1) is 24.8 Å². The van der Waals surface area contributed by atoms with Crippen LogP contribution in [-0.4, -0.2) is 24.4 Å². The Labute approximate surface area is 167 Å². The predicted octanol–water partition coefficient (Wildman–Crippen LogP) is 3.54. The van der Waals surface area contributed by atoms with Gasteiger partial charge in [-0.3, -0.25) is 14.4 Å². The van der Waals surface area contributed by atoms with Crippen LogP contribution in [0.15, 0.2) is 42.5 Å². The van der Waals surface area contributed by atoms with E-state index in [-0.39, 0.29) is 23.7 Å². The number of aryl methyl sites for hydroxylation is 1. The van der Waals surface area contributed by atoms with Gasteiger partial charge in [-0.15, -0.1) is 0 Å². The van der Waals surface area contributed by atoms with Crippen molar-refractivity contribution in [3.63, 3.8) is 0 Å². The molecule has 28 heavy (non-hydrogen) atoms. The summed E-state index contributed by atoms with van der Waals surface area (Å²) in [7, 11) is 0. The maximum absolute atomic E-state index is 13.8. The van der Waals surface area contributed by atoms with Crippen LogP contribution < -0.4 is 10.6 Å². The highest BCUT2D eigenvalue weighted by molar-refractivity contribution is 6.40. The van der Waals surface area contributed by atoms with Crippen molar-refractivity contribution in [1.29, 1.82) is 0 Å². The molecule has 6 nitrogen and oxygen atoms in total. The first-order valence-electron chi connectivity index (χ1n) is 8.59. The summed E-state index contributed by atoms with van der Waals surface area (Å²) in [6.45, 7) is 3.69. The molecule has 2 amide bonds. The second-order valence-corrected chi connectivity index (χ2v) is 6.41. The number of halogens is 2. The van der Waals surface area contributed by atoms with E-state index in [1.165, 1.54) is 12.1 Å². The van der Waals surface area contributed by atoms with Crippen LogP contribution in [0.2, 0.25) is 5.02 Å². The van der Waals surface area contributed by atoms with Crippen LogP contribution in [0, 0.1) is 12.7 Å². The molecule has 0 aliphatic heterocycles. The summed E-state index contributed by atoms with van der Waals surface area (Å²) in [5.74, 6) is -3.34. The van der Waals surface area contributed by atoms with Crippen molar-refractivity contribution < 1.29 is 23.5 Å². The summed E-state index contributed by atoms with van der Waals surface area (Å²) in [6.07, 6.45) is -0.150. The molecule has 0 saturated heterocycles. The average molecular weight is 407 g/mol. The van der Waals surface area contributed by atoms with E-state index >= 15 is 0 Å². The van der Waals surface area contributed by atoms with E-state index in [2.05, 4.69) is 10.6 Å². The Balaban J connectivity index is 2.16. The van der Waals surface area contributed by atoms with Crippen LogP contribution in [0.1, 0.15) is 30.5 Å². The lowest BCUT2D eigenvalue weighted by molar-refractivity contribution is -0.144. The Bertz CT molecular complexity index is 888. The number of anilines is 1. The molecular weight excluding hydrogens is 387 g/mol. The molecule has 0 bridgehead atoms. The SMILES string of the molecule is CCOC(=O)CC(NC(=O)C(=O)Nc1cc(Cl)ccc1F)c1ccccc1C. The van der Waals surface area contributed by atoms with Crippen molar-refractivity contribution >= 4 is 35.1 Å². The van der Waals surface area contributed by atoms with Crippen LogP contribution >= 0.6 is 11.6 Å². The van der Waals surface area contributed by atoms with Crippen molar-refractivity contribution in [3.8, 4) is 0 Å². The second-order valence-electron chi connectivity index (χ2n) is 5.97. The van der Waals surface area contributed by atoms with Gasteiger partial charge in [0.1, 0.15) is 5.82 Å². The molecule has 0 aliphatic rings. The molecule has 0 radical (unpaired) electrons. The van der Waals surface area contributed by atoms with E-state index in [0.29, 0.717) is 5.56 Å². The molecule has 2 aromatic rings. The maximum atomic E-state index is 13.8. The Morgan fingerprint density at radius 3 is 2.54 bits per heavy atom. The summed E-state index contributed by atoms with van der Waals surface area (Å²) < 4.78 is 18.7. The van der Waals surface area contributed by atoms with Crippen molar-refractivity contribution in [2.24, 2.45) is 0 Å². The summed E-state index contributed by atoms with van der Waals surface area (Å²) in [4.78, 5) is 36.5. The molecule has 2 aromatic carbocycles. The molecule has 0 aliphatic carbocycles. The van der Waals surface area contributed by atoms with Crippen molar-refractivity contribution in [2.75, 3.05) is 11.9 Å². The first-order valence-corrected chi connectivity index (χ1v) is 8.97. The molecule has 1 atom stereocenters. The number of esters is 1. The largest absolute Gasteiger partial charge is 0.466 e. The standard InChI is InChI=1S/C20H20ClFN2O4/c1-3-28-18(25)11-16(14-7-5-4-6-12(14)2)23-19(26)20(27)24-17-10-13(21)8-9-15(17)22/h4-10,16H,3,11H2,1-2H3,(H,23,26)(H,24,27). The van der Waals surface area contributed by atoms with Gasteiger partial charge in [0.2, 0.25) is 0 Å². The van der Waals surface area contributed by atoms with E-state index in [0.717, 1.165) is 11.6 Å². The molecule has 1 unspecified atom stereocenters. The third kappa shape index (κ3) is 5.79. The minimum absolute atomic E-state index is 0.150. The molecule has 8 heteroatoms. The van der Waals surface area contributed by atoms with E-state index in [1.807, 2.05) is 19.1 Å². The number of hydrogen-bond donors (Lipinski definition) is 2. The van der Waals surface area contributed by atoms with Crippen LogP contribution in [0.3, 0.4) is 0 Å². The molecule has 148 valence electrons. The first-order chi connectivity index (χ1) is 13.3. The molecule has 0 aromatic heterocycles. The number of carbonyl (C=O) groups is 3. The van der Waals surface area contributed by atoms with E-state index in [1.54, 1.807) is 19.1 Å². The number of rotatable bonds is 6. The van der Waals surface area contributed by atoms with Crippen LogP contribution in [0.4, 0.5) is 10.1 Å². The lowest BCUT2D eigenvalue weighted by Crippen LogP contribution is -2.39. The van der Waals surface area contributed by atoms with E-state index in [4.69, 9.17) is 16.3 Å². The number of ether oxygens (including phenoxy) is 1. The van der Waals surface area contributed by atoms with Gasteiger partial charge in [-0.1, -0.05) is 35.9 Å². The normalized spacial score (nSPS) is 11.4. The third-order valence-corrected chi connectivity index (χ3v) is 4.16. The van der Waals surface area contributed by atoms with Crippen molar-refractivity contribution in [3.05, 3.63) is 64.4 Å². The fourth-order valence-corrected chi connectivity index (χ4v) is 2.77. The third-order valence-electron chi connectivity index (χ3n) is 3.93. The quantitative estimate of drug-likeness (QED) is 0.567. The second kappa shape index (κ2) is 9.85. The number of carbonyl (C=O) groups excluding carboxylic acids is 3. The summed E-state index contributed by atoms with van der Waals surface area (Å²) in [5.41, 5.74) is 1.29. The smallest absolute Gasteiger partial charge is 0.313 e. The highest BCUT2D eigenvalue weighted by Gasteiger charge is 2.24. The zero-order valence-corrected chi connectivity index (χ0v) is 16.2. The molecule has 0 saturated carbocycles. The van der Waals surface area contributed by atoms with Gasteiger partial charge in [0.15, 0.2) is 0 Å². The minimum atomic E-state index is -1.08. The average Bonchev–Trinajstić information content (AvgIpc) is 2.64. The van der Waals surface area contributed by atoms with E-state index < -0.39 is 29.6 Å². The molecule has 2 rings (SSSR count).